The molecule has 1 aromatic carbocycles. The van der Waals surface area contributed by atoms with Crippen LogP contribution < -0.4 is 10.5 Å². The Hall–Kier alpha value is -1.13. The molecule has 0 aliphatic carbocycles. The highest BCUT2D eigenvalue weighted by Crippen LogP contribution is 2.27. The van der Waals surface area contributed by atoms with Gasteiger partial charge in [-0.05, 0) is 38.5 Å². The van der Waals surface area contributed by atoms with E-state index < -0.39 is 0 Å². The van der Waals surface area contributed by atoms with Crippen molar-refractivity contribution in [2.24, 2.45) is 5.73 Å². The summed E-state index contributed by atoms with van der Waals surface area (Å²) in [4.78, 5) is 0. The summed E-state index contributed by atoms with van der Waals surface area (Å²) in [6.07, 6.45) is 1.90. The first kappa shape index (κ1) is 14.3. The lowest BCUT2D eigenvalue weighted by Crippen LogP contribution is -2.35. The van der Waals surface area contributed by atoms with Gasteiger partial charge in [0.1, 0.15) is 6.10 Å². The molecule has 0 radical (unpaired) electrons. The number of nitrogens with two attached hydrogens (primary N) is 1. The molecular formula is C15H22FNO2. The van der Waals surface area contributed by atoms with Gasteiger partial charge in [-0.2, -0.15) is 0 Å². The van der Waals surface area contributed by atoms with E-state index in [0.29, 0.717) is 5.75 Å². The summed E-state index contributed by atoms with van der Waals surface area (Å²) >= 11 is 0. The molecule has 3 nitrogen and oxygen atoms in total. The molecule has 0 saturated carbocycles. The molecule has 2 rings (SSSR count). The SMILES string of the molecule is CC1CC(Oc2ccc([C@H](C)N)cc2F)CC(C)O1. The topological polar surface area (TPSA) is 44.5 Å². The van der Waals surface area contributed by atoms with E-state index >= 15 is 0 Å². The van der Waals surface area contributed by atoms with Crippen LogP contribution >= 0.6 is 0 Å². The summed E-state index contributed by atoms with van der Waals surface area (Å²) in [6.45, 7) is 5.86. The maximum atomic E-state index is 13.9. The van der Waals surface area contributed by atoms with Gasteiger partial charge in [0.05, 0.1) is 12.2 Å². The predicted octanol–water partition coefficient (Wildman–Crippen LogP) is 3.18. The maximum Gasteiger partial charge on any atom is 0.165 e. The van der Waals surface area contributed by atoms with Crippen LogP contribution in [0.25, 0.3) is 0 Å². The number of hydrogen-bond acceptors (Lipinski definition) is 3. The van der Waals surface area contributed by atoms with E-state index in [0.717, 1.165) is 18.4 Å². The van der Waals surface area contributed by atoms with Crippen LogP contribution in [-0.4, -0.2) is 18.3 Å². The normalized spacial score (nSPS) is 29.0. The first-order chi connectivity index (χ1) is 8.95. The van der Waals surface area contributed by atoms with Crippen molar-refractivity contribution in [1.29, 1.82) is 0 Å². The van der Waals surface area contributed by atoms with E-state index in [1.165, 1.54) is 6.07 Å². The average Bonchev–Trinajstić information content (AvgIpc) is 2.30. The van der Waals surface area contributed by atoms with Crippen molar-refractivity contribution in [3.05, 3.63) is 29.6 Å². The van der Waals surface area contributed by atoms with E-state index in [1.54, 1.807) is 6.07 Å². The second-order valence-electron chi connectivity index (χ2n) is 5.45. The van der Waals surface area contributed by atoms with Crippen LogP contribution in [0.5, 0.6) is 5.75 Å². The molecule has 1 aliphatic heterocycles. The van der Waals surface area contributed by atoms with Crippen LogP contribution in [0.4, 0.5) is 4.39 Å². The number of ether oxygens (including phenoxy) is 2. The van der Waals surface area contributed by atoms with Crippen LogP contribution in [0.3, 0.4) is 0 Å². The van der Waals surface area contributed by atoms with Gasteiger partial charge < -0.3 is 15.2 Å². The lowest BCUT2D eigenvalue weighted by molar-refractivity contribution is -0.0727. The third-order valence-electron chi connectivity index (χ3n) is 3.43. The average molecular weight is 267 g/mol. The van der Waals surface area contributed by atoms with E-state index in [1.807, 2.05) is 26.8 Å². The van der Waals surface area contributed by atoms with Crippen molar-refractivity contribution in [2.45, 2.75) is 58.0 Å². The van der Waals surface area contributed by atoms with Crippen molar-refractivity contribution < 1.29 is 13.9 Å². The molecule has 4 heteroatoms. The van der Waals surface area contributed by atoms with Crippen molar-refractivity contribution in [2.75, 3.05) is 0 Å². The molecule has 1 fully saturated rings. The molecule has 0 amide bonds. The maximum absolute atomic E-state index is 13.9. The number of rotatable bonds is 3. The zero-order valence-electron chi connectivity index (χ0n) is 11.7. The van der Waals surface area contributed by atoms with Gasteiger partial charge in [-0.1, -0.05) is 6.07 Å². The number of hydrogen-bond donors (Lipinski definition) is 1. The van der Waals surface area contributed by atoms with Crippen molar-refractivity contribution in [1.82, 2.24) is 0 Å². The van der Waals surface area contributed by atoms with Crippen LogP contribution in [-0.2, 0) is 4.74 Å². The highest BCUT2D eigenvalue weighted by atomic mass is 19.1. The zero-order chi connectivity index (χ0) is 14.0. The van der Waals surface area contributed by atoms with Gasteiger partial charge in [0, 0.05) is 18.9 Å². The smallest absolute Gasteiger partial charge is 0.165 e. The molecule has 106 valence electrons. The Labute approximate surface area is 113 Å². The summed E-state index contributed by atoms with van der Waals surface area (Å²) < 4.78 is 25.4. The molecule has 1 saturated heterocycles. The molecule has 19 heavy (non-hydrogen) atoms. The summed E-state index contributed by atoms with van der Waals surface area (Å²) in [7, 11) is 0. The lowest BCUT2D eigenvalue weighted by Gasteiger charge is -2.32. The van der Waals surface area contributed by atoms with Crippen molar-refractivity contribution in [3.8, 4) is 5.75 Å². The second-order valence-corrected chi connectivity index (χ2v) is 5.45. The quantitative estimate of drug-likeness (QED) is 0.914. The first-order valence-corrected chi connectivity index (χ1v) is 6.83. The minimum absolute atomic E-state index is 0.00870. The van der Waals surface area contributed by atoms with E-state index in [2.05, 4.69) is 0 Å². The Balaban J connectivity index is 2.06. The fourth-order valence-corrected chi connectivity index (χ4v) is 2.52. The van der Waals surface area contributed by atoms with Gasteiger partial charge in [-0.25, -0.2) is 4.39 Å². The van der Waals surface area contributed by atoms with Crippen LogP contribution in [0.1, 0.15) is 45.2 Å². The van der Waals surface area contributed by atoms with Gasteiger partial charge in [-0.3, -0.25) is 0 Å². The molecule has 3 atom stereocenters. The Morgan fingerprint density at radius 3 is 2.47 bits per heavy atom. The monoisotopic (exact) mass is 267 g/mol. The van der Waals surface area contributed by atoms with E-state index in [9.17, 15) is 4.39 Å². The Kier molecular flexibility index (Phi) is 4.42. The minimum Gasteiger partial charge on any atom is -0.487 e. The molecule has 1 heterocycles. The molecule has 2 unspecified atom stereocenters. The molecule has 0 spiro atoms. The molecular weight excluding hydrogens is 245 g/mol. The largest absolute Gasteiger partial charge is 0.487 e. The summed E-state index contributed by atoms with van der Waals surface area (Å²) in [5.41, 5.74) is 6.51. The fourth-order valence-electron chi connectivity index (χ4n) is 2.52. The molecule has 0 aromatic heterocycles. The Morgan fingerprint density at radius 2 is 1.95 bits per heavy atom. The van der Waals surface area contributed by atoms with E-state index in [4.69, 9.17) is 15.2 Å². The van der Waals surface area contributed by atoms with Gasteiger partial charge >= 0.3 is 0 Å². The van der Waals surface area contributed by atoms with Gasteiger partial charge in [0.2, 0.25) is 0 Å². The first-order valence-electron chi connectivity index (χ1n) is 6.83. The lowest BCUT2D eigenvalue weighted by atomic mass is 10.0. The van der Waals surface area contributed by atoms with Gasteiger partial charge in [0.15, 0.2) is 11.6 Å². The molecule has 1 aromatic rings. The predicted molar refractivity (Wildman–Crippen MR) is 72.7 cm³/mol. The van der Waals surface area contributed by atoms with Crippen LogP contribution in [0, 0.1) is 5.82 Å². The highest BCUT2D eigenvalue weighted by molar-refractivity contribution is 5.31. The van der Waals surface area contributed by atoms with Gasteiger partial charge in [0.25, 0.3) is 0 Å². The summed E-state index contributed by atoms with van der Waals surface area (Å²) in [5.74, 6) is -0.0442. The third kappa shape index (κ3) is 3.67. The van der Waals surface area contributed by atoms with Crippen LogP contribution in [0.2, 0.25) is 0 Å². The van der Waals surface area contributed by atoms with Crippen molar-refractivity contribution in [3.63, 3.8) is 0 Å². The van der Waals surface area contributed by atoms with Crippen molar-refractivity contribution >= 4 is 0 Å². The number of halogens is 1. The summed E-state index contributed by atoms with van der Waals surface area (Å²) in [6, 6.07) is 4.76. The van der Waals surface area contributed by atoms with Crippen LogP contribution in [0.15, 0.2) is 18.2 Å². The zero-order valence-corrected chi connectivity index (χ0v) is 11.7. The Morgan fingerprint density at radius 1 is 1.32 bits per heavy atom. The van der Waals surface area contributed by atoms with Gasteiger partial charge in [-0.15, -0.1) is 0 Å². The van der Waals surface area contributed by atoms with E-state index in [-0.39, 0.29) is 30.2 Å². The summed E-state index contributed by atoms with van der Waals surface area (Å²) in [5, 5.41) is 0. The fraction of sp³-hybridized carbons (Fsp3) is 0.600. The highest BCUT2D eigenvalue weighted by Gasteiger charge is 2.26. The molecule has 1 aliphatic rings. The number of benzene rings is 1. The third-order valence-corrected chi connectivity index (χ3v) is 3.43. The Bertz CT molecular complexity index is 426. The minimum atomic E-state index is -0.346. The standard InChI is InChI=1S/C15H22FNO2/c1-9-6-13(7-10(2)18-9)19-15-5-4-12(11(3)17)8-14(15)16/h4-5,8-11,13H,6-7,17H2,1-3H3/t9?,10?,11-,13?/m0/s1. The molecule has 0 bridgehead atoms. The molecule has 2 N–H and O–H groups in total. The second kappa shape index (κ2) is 5.88.